The van der Waals surface area contributed by atoms with E-state index >= 15 is 0 Å². The van der Waals surface area contributed by atoms with Gasteiger partial charge in [-0.2, -0.15) is 0 Å². The Labute approximate surface area is 135 Å². The normalized spacial score (nSPS) is 15.3. The van der Waals surface area contributed by atoms with Gasteiger partial charge in [0.25, 0.3) is 5.91 Å². The molecule has 1 aliphatic rings. The monoisotopic (exact) mass is 322 g/mol. The zero-order valence-electron chi connectivity index (χ0n) is 13.7. The molecule has 1 aromatic carbocycles. The van der Waals surface area contributed by atoms with Crippen LogP contribution in [-0.2, 0) is 14.9 Å². The van der Waals surface area contributed by atoms with Crippen molar-refractivity contribution < 1.29 is 19.2 Å². The molecule has 0 spiro atoms. The molecular weight excluding hydrogens is 300 g/mol. The molecule has 7 nitrogen and oxygen atoms in total. The number of carbonyl (C=O) groups is 1. The Balaban J connectivity index is 2.09. The fraction of sp³-hybridized carbons (Fsp3) is 0.562. The fourth-order valence-electron chi connectivity index (χ4n) is 2.29. The van der Waals surface area contributed by atoms with Gasteiger partial charge in [-0.3, -0.25) is 14.9 Å². The molecule has 1 heterocycles. The second-order valence-electron chi connectivity index (χ2n) is 6.47. The van der Waals surface area contributed by atoms with Gasteiger partial charge in [0.1, 0.15) is 0 Å². The molecule has 1 aromatic rings. The lowest BCUT2D eigenvalue weighted by Crippen LogP contribution is -2.43. The van der Waals surface area contributed by atoms with E-state index in [2.05, 4.69) is 0 Å². The number of morpholine rings is 1. The van der Waals surface area contributed by atoms with E-state index in [1.54, 1.807) is 17.0 Å². The highest BCUT2D eigenvalue weighted by molar-refractivity contribution is 5.78. The zero-order valence-corrected chi connectivity index (χ0v) is 13.7. The molecule has 0 bridgehead atoms. The number of carbonyl (C=O) groups excluding carboxylic acids is 1. The fourth-order valence-corrected chi connectivity index (χ4v) is 2.29. The smallest absolute Gasteiger partial charge is 0.311 e. The van der Waals surface area contributed by atoms with Gasteiger partial charge in [0, 0.05) is 19.2 Å². The van der Waals surface area contributed by atoms with Crippen LogP contribution in [0.3, 0.4) is 0 Å². The topological polar surface area (TPSA) is 81.9 Å². The van der Waals surface area contributed by atoms with E-state index in [-0.39, 0.29) is 29.4 Å². The SMILES string of the molecule is CC(C)(C)c1ccc(OCC(=O)N2CCOCC2)c([N+](=O)[O-])c1. The van der Waals surface area contributed by atoms with Crippen molar-refractivity contribution >= 4 is 11.6 Å². The summed E-state index contributed by atoms with van der Waals surface area (Å²) in [5.41, 5.74) is 0.524. The van der Waals surface area contributed by atoms with Gasteiger partial charge in [-0.1, -0.05) is 26.8 Å². The van der Waals surface area contributed by atoms with Gasteiger partial charge < -0.3 is 14.4 Å². The molecule has 1 aliphatic heterocycles. The zero-order chi connectivity index (χ0) is 17.0. The van der Waals surface area contributed by atoms with Gasteiger partial charge >= 0.3 is 5.69 Å². The Morgan fingerprint density at radius 1 is 1.35 bits per heavy atom. The molecule has 0 aromatic heterocycles. The van der Waals surface area contributed by atoms with E-state index in [9.17, 15) is 14.9 Å². The standard InChI is InChI=1S/C16H22N2O5/c1-16(2,3)12-4-5-14(13(10-12)18(20)21)23-11-15(19)17-6-8-22-9-7-17/h4-5,10H,6-9,11H2,1-3H3. The number of hydrogen-bond acceptors (Lipinski definition) is 5. The molecule has 1 saturated heterocycles. The molecule has 0 radical (unpaired) electrons. The average Bonchev–Trinajstić information content (AvgIpc) is 2.52. The van der Waals surface area contributed by atoms with Crippen LogP contribution in [0.2, 0.25) is 0 Å². The maximum Gasteiger partial charge on any atom is 0.311 e. The van der Waals surface area contributed by atoms with Gasteiger partial charge in [0.15, 0.2) is 12.4 Å². The summed E-state index contributed by atoms with van der Waals surface area (Å²) in [6.07, 6.45) is 0. The predicted octanol–water partition coefficient (Wildman–Crippen LogP) is 2.13. The number of hydrogen-bond donors (Lipinski definition) is 0. The highest BCUT2D eigenvalue weighted by Crippen LogP contribution is 2.33. The van der Waals surface area contributed by atoms with Crippen molar-refractivity contribution in [1.29, 1.82) is 0 Å². The number of ether oxygens (including phenoxy) is 2. The van der Waals surface area contributed by atoms with Crippen molar-refractivity contribution in [2.24, 2.45) is 0 Å². The minimum absolute atomic E-state index is 0.115. The second kappa shape index (κ2) is 6.95. The van der Waals surface area contributed by atoms with Crippen LogP contribution in [0.5, 0.6) is 5.75 Å². The second-order valence-corrected chi connectivity index (χ2v) is 6.47. The first-order chi connectivity index (χ1) is 10.8. The van der Waals surface area contributed by atoms with Crippen LogP contribution in [0.1, 0.15) is 26.3 Å². The van der Waals surface area contributed by atoms with Crippen LogP contribution < -0.4 is 4.74 Å². The van der Waals surface area contributed by atoms with E-state index in [1.165, 1.54) is 6.07 Å². The summed E-state index contributed by atoms with van der Waals surface area (Å²) in [6, 6.07) is 4.86. The van der Waals surface area contributed by atoms with Crippen LogP contribution in [0.25, 0.3) is 0 Å². The summed E-state index contributed by atoms with van der Waals surface area (Å²) in [5, 5.41) is 11.3. The average molecular weight is 322 g/mol. The minimum atomic E-state index is -0.482. The number of benzene rings is 1. The van der Waals surface area contributed by atoms with Crippen LogP contribution in [0, 0.1) is 10.1 Å². The van der Waals surface area contributed by atoms with E-state index in [1.807, 2.05) is 20.8 Å². The number of nitro benzene ring substituents is 1. The summed E-state index contributed by atoms with van der Waals surface area (Å²) in [4.78, 5) is 24.5. The molecule has 0 N–H and O–H groups in total. The number of rotatable bonds is 4. The predicted molar refractivity (Wildman–Crippen MR) is 84.7 cm³/mol. The van der Waals surface area contributed by atoms with E-state index in [4.69, 9.17) is 9.47 Å². The first-order valence-electron chi connectivity index (χ1n) is 7.56. The highest BCUT2D eigenvalue weighted by atomic mass is 16.6. The van der Waals surface area contributed by atoms with Crippen molar-refractivity contribution in [1.82, 2.24) is 4.90 Å². The first-order valence-corrected chi connectivity index (χ1v) is 7.56. The summed E-state index contributed by atoms with van der Waals surface area (Å²) in [6.45, 7) is 7.78. The highest BCUT2D eigenvalue weighted by Gasteiger charge is 2.23. The Bertz CT molecular complexity index is 589. The molecule has 0 saturated carbocycles. The van der Waals surface area contributed by atoms with Gasteiger partial charge in [-0.15, -0.1) is 0 Å². The maximum atomic E-state index is 12.1. The van der Waals surface area contributed by atoms with Crippen LogP contribution in [-0.4, -0.2) is 48.6 Å². The van der Waals surface area contributed by atoms with Crippen LogP contribution >= 0.6 is 0 Å². The molecule has 1 fully saturated rings. The lowest BCUT2D eigenvalue weighted by atomic mass is 9.87. The van der Waals surface area contributed by atoms with Gasteiger partial charge in [0.05, 0.1) is 18.1 Å². The van der Waals surface area contributed by atoms with E-state index in [0.29, 0.717) is 26.3 Å². The first kappa shape index (κ1) is 17.2. The summed E-state index contributed by atoms with van der Waals surface area (Å²) < 4.78 is 10.6. The molecule has 2 rings (SSSR count). The Morgan fingerprint density at radius 2 is 2.00 bits per heavy atom. The molecular formula is C16H22N2O5. The van der Waals surface area contributed by atoms with Gasteiger partial charge in [0.2, 0.25) is 0 Å². The Kier molecular flexibility index (Phi) is 5.20. The Morgan fingerprint density at radius 3 is 2.57 bits per heavy atom. The van der Waals surface area contributed by atoms with Crippen molar-refractivity contribution in [3.63, 3.8) is 0 Å². The maximum absolute atomic E-state index is 12.1. The molecule has 7 heteroatoms. The van der Waals surface area contributed by atoms with E-state index in [0.717, 1.165) is 5.56 Å². The third-order valence-corrected chi connectivity index (χ3v) is 3.74. The molecule has 23 heavy (non-hydrogen) atoms. The van der Waals surface area contributed by atoms with Crippen molar-refractivity contribution in [2.45, 2.75) is 26.2 Å². The summed E-state index contributed by atoms with van der Waals surface area (Å²) in [7, 11) is 0. The molecule has 1 amide bonds. The molecule has 0 atom stereocenters. The molecule has 126 valence electrons. The van der Waals surface area contributed by atoms with Gasteiger partial charge in [-0.05, 0) is 17.0 Å². The lowest BCUT2D eigenvalue weighted by molar-refractivity contribution is -0.385. The molecule has 0 aliphatic carbocycles. The summed E-state index contributed by atoms with van der Waals surface area (Å²) in [5.74, 6) is -0.0768. The third-order valence-electron chi connectivity index (χ3n) is 3.74. The third kappa shape index (κ3) is 4.41. The van der Waals surface area contributed by atoms with Crippen molar-refractivity contribution in [2.75, 3.05) is 32.9 Å². The van der Waals surface area contributed by atoms with Crippen LogP contribution in [0.15, 0.2) is 18.2 Å². The van der Waals surface area contributed by atoms with Crippen molar-refractivity contribution in [3.05, 3.63) is 33.9 Å². The number of nitro groups is 1. The summed E-state index contributed by atoms with van der Waals surface area (Å²) >= 11 is 0. The lowest BCUT2D eigenvalue weighted by Gasteiger charge is -2.26. The van der Waals surface area contributed by atoms with Crippen LogP contribution in [0.4, 0.5) is 5.69 Å². The van der Waals surface area contributed by atoms with E-state index < -0.39 is 4.92 Å². The Hall–Kier alpha value is -2.15. The van der Waals surface area contributed by atoms with Gasteiger partial charge in [-0.25, -0.2) is 0 Å². The van der Waals surface area contributed by atoms with Crippen molar-refractivity contribution in [3.8, 4) is 5.75 Å². The minimum Gasteiger partial charge on any atom is -0.477 e. The number of amides is 1. The molecule has 0 unspecified atom stereocenters. The quantitative estimate of drug-likeness (QED) is 0.626. The largest absolute Gasteiger partial charge is 0.477 e. The number of nitrogens with zero attached hydrogens (tertiary/aromatic N) is 2.